The highest BCUT2D eigenvalue weighted by Gasteiger charge is 2.13. The summed E-state index contributed by atoms with van der Waals surface area (Å²) in [6.45, 7) is 0.329. The highest BCUT2D eigenvalue weighted by molar-refractivity contribution is 5.98. The Morgan fingerprint density at radius 3 is 3.00 bits per heavy atom. The smallest absolute Gasteiger partial charge is 0.256 e. The van der Waals surface area contributed by atoms with Gasteiger partial charge >= 0.3 is 0 Å². The topological polar surface area (TPSA) is 98.7 Å². The third-order valence-corrected chi connectivity index (χ3v) is 2.30. The van der Waals surface area contributed by atoms with Gasteiger partial charge in [-0.2, -0.15) is 5.10 Å². The van der Waals surface area contributed by atoms with Crippen LogP contribution in [0, 0.1) is 0 Å². The van der Waals surface area contributed by atoms with Crippen LogP contribution in [-0.4, -0.2) is 25.7 Å². The minimum absolute atomic E-state index is 0.269. The molecular weight excluding hydrogens is 220 g/mol. The van der Waals surface area contributed by atoms with Gasteiger partial charge in [-0.15, -0.1) is 0 Å². The van der Waals surface area contributed by atoms with E-state index >= 15 is 0 Å². The molecule has 2 rings (SSSR count). The lowest BCUT2D eigenvalue weighted by Gasteiger charge is -2.03. The van der Waals surface area contributed by atoms with Crippen LogP contribution in [-0.2, 0) is 13.6 Å². The van der Waals surface area contributed by atoms with Crippen molar-refractivity contribution < 1.29 is 4.79 Å². The summed E-state index contributed by atoms with van der Waals surface area (Å²) in [4.78, 5) is 19.5. The standard InChI is InChI=1S/C10H12N6O/c1-16-9(11)8(5-15-16)10(17)13-4-7-2-3-12-6-14-7/h2-3,5-6H,4,11H2,1H3,(H,13,17). The molecule has 7 heteroatoms. The Labute approximate surface area is 97.7 Å². The number of hydrogen-bond donors (Lipinski definition) is 2. The molecular formula is C10H12N6O. The van der Waals surface area contributed by atoms with Gasteiger partial charge in [-0.3, -0.25) is 9.48 Å². The van der Waals surface area contributed by atoms with Crippen LogP contribution in [0.2, 0.25) is 0 Å². The predicted octanol–water partition coefficient (Wildman–Crippen LogP) is -0.278. The molecule has 17 heavy (non-hydrogen) atoms. The number of nitrogens with one attached hydrogen (secondary N) is 1. The van der Waals surface area contributed by atoms with Gasteiger partial charge in [0.25, 0.3) is 5.91 Å². The molecule has 1 amide bonds. The summed E-state index contributed by atoms with van der Waals surface area (Å²) in [5.74, 6) is 0.0689. The van der Waals surface area contributed by atoms with Gasteiger partial charge in [-0.05, 0) is 6.07 Å². The second kappa shape index (κ2) is 4.60. The molecule has 0 spiro atoms. The monoisotopic (exact) mass is 232 g/mol. The van der Waals surface area contributed by atoms with Crippen LogP contribution < -0.4 is 11.1 Å². The van der Waals surface area contributed by atoms with Gasteiger partial charge in [0, 0.05) is 13.2 Å². The zero-order chi connectivity index (χ0) is 12.3. The van der Waals surface area contributed by atoms with Gasteiger partial charge in [0.1, 0.15) is 17.7 Å². The van der Waals surface area contributed by atoms with E-state index in [-0.39, 0.29) is 5.91 Å². The molecule has 0 saturated heterocycles. The van der Waals surface area contributed by atoms with Crippen LogP contribution in [0.1, 0.15) is 16.1 Å². The summed E-state index contributed by atoms with van der Waals surface area (Å²) < 4.78 is 1.44. The number of nitrogens with two attached hydrogens (primary N) is 1. The molecule has 0 saturated carbocycles. The second-order valence-corrected chi connectivity index (χ2v) is 3.45. The fourth-order valence-corrected chi connectivity index (χ4v) is 1.31. The zero-order valence-electron chi connectivity index (χ0n) is 9.29. The molecule has 7 nitrogen and oxygen atoms in total. The molecule has 0 aliphatic rings. The first-order valence-electron chi connectivity index (χ1n) is 4.99. The number of anilines is 1. The van der Waals surface area contributed by atoms with Crippen molar-refractivity contribution in [3.63, 3.8) is 0 Å². The van der Waals surface area contributed by atoms with E-state index in [1.807, 2.05) is 0 Å². The summed E-state index contributed by atoms with van der Waals surface area (Å²) in [5, 5.41) is 6.60. The van der Waals surface area contributed by atoms with Gasteiger partial charge in [0.15, 0.2) is 0 Å². The SMILES string of the molecule is Cn1ncc(C(=O)NCc2ccncn2)c1N. The Bertz CT molecular complexity index is 521. The second-order valence-electron chi connectivity index (χ2n) is 3.45. The fourth-order valence-electron chi connectivity index (χ4n) is 1.31. The Balaban J connectivity index is 2.01. The number of rotatable bonds is 3. The van der Waals surface area contributed by atoms with Crippen LogP contribution in [0.15, 0.2) is 24.8 Å². The van der Waals surface area contributed by atoms with Gasteiger partial charge < -0.3 is 11.1 Å². The molecule has 0 unspecified atom stereocenters. The molecule has 0 aliphatic carbocycles. The Hall–Kier alpha value is -2.44. The lowest BCUT2D eigenvalue weighted by Crippen LogP contribution is -2.24. The van der Waals surface area contributed by atoms with E-state index in [0.29, 0.717) is 17.9 Å². The molecule has 0 radical (unpaired) electrons. The molecule has 0 bridgehead atoms. The lowest BCUT2D eigenvalue weighted by atomic mass is 10.3. The van der Waals surface area contributed by atoms with E-state index in [9.17, 15) is 4.79 Å². The maximum absolute atomic E-state index is 11.8. The molecule has 2 aromatic rings. The minimum Gasteiger partial charge on any atom is -0.383 e. The van der Waals surface area contributed by atoms with Crippen LogP contribution in [0.25, 0.3) is 0 Å². The van der Waals surface area contributed by atoms with Crippen molar-refractivity contribution in [2.45, 2.75) is 6.54 Å². The van der Waals surface area contributed by atoms with Gasteiger partial charge in [-0.25, -0.2) is 9.97 Å². The van der Waals surface area contributed by atoms with E-state index in [2.05, 4.69) is 20.4 Å². The average Bonchev–Trinajstić information content (AvgIpc) is 2.69. The maximum Gasteiger partial charge on any atom is 0.256 e. The van der Waals surface area contributed by atoms with Crippen molar-refractivity contribution in [1.82, 2.24) is 25.1 Å². The van der Waals surface area contributed by atoms with Crippen molar-refractivity contribution >= 4 is 11.7 Å². The van der Waals surface area contributed by atoms with E-state index in [1.54, 1.807) is 19.3 Å². The number of carbonyl (C=O) groups is 1. The minimum atomic E-state index is -0.269. The Morgan fingerprint density at radius 1 is 1.59 bits per heavy atom. The number of hydrogen-bond acceptors (Lipinski definition) is 5. The summed E-state index contributed by atoms with van der Waals surface area (Å²) in [5.41, 5.74) is 6.78. The van der Waals surface area contributed by atoms with E-state index in [1.165, 1.54) is 17.2 Å². The van der Waals surface area contributed by atoms with Crippen molar-refractivity contribution in [2.24, 2.45) is 7.05 Å². The molecule has 0 atom stereocenters. The van der Waals surface area contributed by atoms with Gasteiger partial charge in [0.2, 0.25) is 0 Å². The Kier molecular flexibility index (Phi) is 2.99. The highest BCUT2D eigenvalue weighted by Crippen LogP contribution is 2.08. The molecule has 2 aromatic heterocycles. The number of aromatic nitrogens is 4. The van der Waals surface area contributed by atoms with E-state index in [0.717, 1.165) is 5.69 Å². The fraction of sp³-hybridized carbons (Fsp3) is 0.200. The van der Waals surface area contributed by atoms with Crippen molar-refractivity contribution in [3.05, 3.63) is 36.0 Å². The normalized spacial score (nSPS) is 10.2. The zero-order valence-corrected chi connectivity index (χ0v) is 9.29. The third-order valence-electron chi connectivity index (χ3n) is 2.30. The maximum atomic E-state index is 11.8. The summed E-state index contributed by atoms with van der Waals surface area (Å²) >= 11 is 0. The molecule has 3 N–H and O–H groups in total. The number of aryl methyl sites for hydroxylation is 1. The van der Waals surface area contributed by atoms with E-state index in [4.69, 9.17) is 5.73 Å². The number of nitrogen functional groups attached to an aromatic ring is 1. The molecule has 2 heterocycles. The number of amides is 1. The first kappa shape index (κ1) is 11.1. The van der Waals surface area contributed by atoms with Crippen LogP contribution in [0.4, 0.5) is 5.82 Å². The van der Waals surface area contributed by atoms with Gasteiger partial charge in [-0.1, -0.05) is 0 Å². The average molecular weight is 232 g/mol. The van der Waals surface area contributed by atoms with Crippen LogP contribution in [0.5, 0.6) is 0 Å². The lowest BCUT2D eigenvalue weighted by molar-refractivity contribution is 0.0951. The van der Waals surface area contributed by atoms with Crippen LogP contribution in [0.3, 0.4) is 0 Å². The van der Waals surface area contributed by atoms with Crippen molar-refractivity contribution in [1.29, 1.82) is 0 Å². The summed E-state index contributed by atoms with van der Waals surface area (Å²) in [6, 6.07) is 1.73. The first-order chi connectivity index (χ1) is 8.18. The Morgan fingerprint density at radius 2 is 2.41 bits per heavy atom. The molecule has 0 fully saturated rings. The first-order valence-corrected chi connectivity index (χ1v) is 4.99. The van der Waals surface area contributed by atoms with Gasteiger partial charge in [0.05, 0.1) is 18.4 Å². The largest absolute Gasteiger partial charge is 0.383 e. The third kappa shape index (κ3) is 2.39. The summed E-state index contributed by atoms with van der Waals surface area (Å²) in [6.07, 6.45) is 4.48. The highest BCUT2D eigenvalue weighted by atomic mass is 16.1. The summed E-state index contributed by atoms with van der Waals surface area (Å²) in [7, 11) is 1.68. The molecule has 0 aromatic carbocycles. The molecule has 0 aliphatic heterocycles. The quantitative estimate of drug-likeness (QED) is 0.758. The molecule has 88 valence electrons. The van der Waals surface area contributed by atoms with Crippen molar-refractivity contribution in [2.75, 3.05) is 5.73 Å². The van der Waals surface area contributed by atoms with Crippen molar-refractivity contribution in [3.8, 4) is 0 Å². The van der Waals surface area contributed by atoms with E-state index < -0.39 is 0 Å². The number of nitrogens with zero attached hydrogens (tertiary/aromatic N) is 4. The predicted molar refractivity (Wildman–Crippen MR) is 60.8 cm³/mol. The van der Waals surface area contributed by atoms with Crippen LogP contribution >= 0.6 is 0 Å². The number of carbonyl (C=O) groups excluding carboxylic acids is 1.